The van der Waals surface area contributed by atoms with Crippen LogP contribution >= 0.6 is 0 Å². The highest BCUT2D eigenvalue weighted by Gasteiger charge is 2.19. The van der Waals surface area contributed by atoms with Crippen LogP contribution in [0.2, 0.25) is 0 Å². The van der Waals surface area contributed by atoms with Crippen LogP contribution in [-0.4, -0.2) is 23.4 Å². The Morgan fingerprint density at radius 1 is 0.500 bits per heavy atom. The van der Waals surface area contributed by atoms with Crippen molar-refractivity contribution < 1.29 is 19.7 Å². The average molecular weight is 505 g/mol. The zero-order valence-electron chi connectivity index (χ0n) is 21.5. The smallest absolute Gasteiger partial charge is 0.126 e. The summed E-state index contributed by atoms with van der Waals surface area (Å²) >= 11 is 0. The zero-order valence-corrected chi connectivity index (χ0v) is 21.5. The predicted octanol–water partition coefficient (Wildman–Crippen LogP) is 6.90. The van der Waals surface area contributed by atoms with Crippen LogP contribution in [0, 0.1) is 0 Å². The van der Waals surface area contributed by atoms with Crippen LogP contribution in [0.5, 0.6) is 23.0 Å². The maximum atomic E-state index is 11.3. The SMILES string of the molecule is C=CCOc1c2cccc1Cc1cccc(c1O)Cc1cccc(c1OCC=C)Cc1cccc(c1O)C2. The summed E-state index contributed by atoms with van der Waals surface area (Å²) in [6.07, 6.45) is 5.47. The monoisotopic (exact) mass is 504 g/mol. The van der Waals surface area contributed by atoms with Gasteiger partial charge in [-0.05, 0) is 44.5 Å². The molecule has 2 N–H and O–H groups in total. The van der Waals surface area contributed by atoms with Gasteiger partial charge in [-0.15, -0.1) is 0 Å². The summed E-state index contributed by atoms with van der Waals surface area (Å²) < 4.78 is 12.3. The van der Waals surface area contributed by atoms with Crippen LogP contribution in [-0.2, 0) is 25.7 Å². The van der Waals surface area contributed by atoms with Gasteiger partial charge in [0.05, 0.1) is 0 Å². The van der Waals surface area contributed by atoms with E-state index in [9.17, 15) is 10.2 Å². The van der Waals surface area contributed by atoms with Gasteiger partial charge in [0.25, 0.3) is 0 Å². The van der Waals surface area contributed by atoms with Crippen LogP contribution in [0.25, 0.3) is 0 Å². The summed E-state index contributed by atoms with van der Waals surface area (Å²) in [5.74, 6) is 2.09. The first-order valence-electron chi connectivity index (χ1n) is 12.9. The Morgan fingerprint density at radius 3 is 1.03 bits per heavy atom. The van der Waals surface area contributed by atoms with Gasteiger partial charge < -0.3 is 19.7 Å². The van der Waals surface area contributed by atoms with Crippen molar-refractivity contribution in [1.29, 1.82) is 0 Å². The first-order chi connectivity index (χ1) is 18.6. The van der Waals surface area contributed by atoms with E-state index in [0.29, 0.717) is 38.9 Å². The van der Waals surface area contributed by atoms with Crippen molar-refractivity contribution in [1.82, 2.24) is 0 Å². The molecular formula is C34H32O4. The van der Waals surface area contributed by atoms with Gasteiger partial charge in [0.2, 0.25) is 0 Å². The second kappa shape index (κ2) is 11.3. The molecule has 192 valence electrons. The van der Waals surface area contributed by atoms with E-state index in [0.717, 1.165) is 56.0 Å². The number of fused-ring (bicyclic) bond motifs is 8. The van der Waals surface area contributed by atoms with Crippen LogP contribution in [0.4, 0.5) is 0 Å². The van der Waals surface area contributed by atoms with Gasteiger partial charge in [-0.25, -0.2) is 0 Å². The molecule has 4 aromatic carbocycles. The van der Waals surface area contributed by atoms with Gasteiger partial charge in [0, 0.05) is 25.7 Å². The van der Waals surface area contributed by atoms with E-state index in [-0.39, 0.29) is 11.5 Å². The van der Waals surface area contributed by atoms with Crippen molar-refractivity contribution in [3.63, 3.8) is 0 Å². The van der Waals surface area contributed by atoms with E-state index in [1.54, 1.807) is 12.2 Å². The molecule has 0 aromatic heterocycles. The Labute approximate surface area is 224 Å². The highest BCUT2D eigenvalue weighted by Crippen LogP contribution is 2.37. The molecule has 4 heteroatoms. The molecule has 0 aliphatic heterocycles. The molecule has 5 rings (SSSR count). The second-order valence-corrected chi connectivity index (χ2v) is 9.57. The average Bonchev–Trinajstić information content (AvgIpc) is 2.92. The number of hydrogen-bond acceptors (Lipinski definition) is 4. The summed E-state index contributed by atoms with van der Waals surface area (Å²) in [5.41, 5.74) is 7.17. The maximum Gasteiger partial charge on any atom is 0.126 e. The van der Waals surface area contributed by atoms with E-state index < -0.39 is 0 Å². The topological polar surface area (TPSA) is 58.9 Å². The van der Waals surface area contributed by atoms with E-state index in [2.05, 4.69) is 13.2 Å². The van der Waals surface area contributed by atoms with E-state index >= 15 is 0 Å². The van der Waals surface area contributed by atoms with Gasteiger partial charge in [0.15, 0.2) is 0 Å². The van der Waals surface area contributed by atoms with E-state index in [1.807, 2.05) is 72.8 Å². The van der Waals surface area contributed by atoms with Crippen LogP contribution in [0.3, 0.4) is 0 Å². The van der Waals surface area contributed by atoms with Crippen molar-refractivity contribution in [2.45, 2.75) is 25.7 Å². The number of phenolic OH excluding ortho intramolecular Hbond substituents is 2. The Balaban J connectivity index is 1.71. The molecule has 4 nitrogen and oxygen atoms in total. The Morgan fingerprint density at radius 2 is 0.763 bits per heavy atom. The lowest BCUT2D eigenvalue weighted by Gasteiger charge is -2.20. The molecule has 0 heterocycles. The molecular weight excluding hydrogens is 472 g/mol. The largest absolute Gasteiger partial charge is 0.507 e. The molecule has 0 unspecified atom stereocenters. The maximum absolute atomic E-state index is 11.3. The number of para-hydroxylation sites is 4. The van der Waals surface area contributed by atoms with Crippen LogP contribution in [0.1, 0.15) is 44.5 Å². The number of rotatable bonds is 6. The van der Waals surface area contributed by atoms with Crippen molar-refractivity contribution in [2.75, 3.05) is 13.2 Å². The molecule has 4 aromatic rings. The third kappa shape index (κ3) is 5.16. The standard InChI is InChI=1S/C34H32O4/c1-3-17-37-33-27-13-7-14-28(33)20-24-10-6-12-26(32(24)36)22-30-16-8-15-29(34(30)38-18-4-2)21-25-11-5-9-23(19-27)31(25)35/h3-16,35-36H,1-2,17-22H2. The summed E-state index contributed by atoms with van der Waals surface area (Å²) in [6, 6.07) is 23.9. The molecule has 0 saturated heterocycles. The summed E-state index contributed by atoms with van der Waals surface area (Å²) in [4.78, 5) is 0. The molecule has 38 heavy (non-hydrogen) atoms. The Kier molecular flexibility index (Phi) is 7.50. The first-order valence-corrected chi connectivity index (χ1v) is 12.9. The normalized spacial score (nSPS) is 12.4. The molecule has 8 bridgehead atoms. The number of benzene rings is 4. The number of ether oxygens (including phenoxy) is 2. The fourth-order valence-corrected chi connectivity index (χ4v) is 5.17. The van der Waals surface area contributed by atoms with Crippen LogP contribution in [0.15, 0.2) is 98.1 Å². The fraction of sp³-hybridized carbons (Fsp3) is 0.176. The van der Waals surface area contributed by atoms with Gasteiger partial charge in [-0.2, -0.15) is 0 Å². The quantitative estimate of drug-likeness (QED) is 0.247. The number of aromatic hydroxyl groups is 2. The van der Waals surface area contributed by atoms with E-state index in [4.69, 9.17) is 9.47 Å². The third-order valence-corrected chi connectivity index (χ3v) is 6.98. The van der Waals surface area contributed by atoms with Gasteiger partial charge in [0.1, 0.15) is 36.2 Å². The molecule has 0 spiro atoms. The second-order valence-electron chi connectivity index (χ2n) is 9.57. The molecule has 0 amide bonds. The molecule has 0 saturated carbocycles. The van der Waals surface area contributed by atoms with Gasteiger partial charge >= 0.3 is 0 Å². The van der Waals surface area contributed by atoms with Crippen LogP contribution < -0.4 is 9.47 Å². The molecule has 1 aliphatic rings. The molecule has 0 fully saturated rings. The number of phenols is 2. The third-order valence-electron chi connectivity index (χ3n) is 6.98. The Bertz CT molecular complexity index is 1290. The van der Waals surface area contributed by atoms with Gasteiger partial charge in [-0.3, -0.25) is 0 Å². The van der Waals surface area contributed by atoms with E-state index in [1.165, 1.54) is 0 Å². The van der Waals surface area contributed by atoms with Crippen molar-refractivity contribution in [3.8, 4) is 23.0 Å². The van der Waals surface area contributed by atoms with Crippen molar-refractivity contribution in [2.24, 2.45) is 0 Å². The predicted molar refractivity (Wildman–Crippen MR) is 152 cm³/mol. The molecule has 0 atom stereocenters. The number of hydrogen-bond donors (Lipinski definition) is 2. The zero-order chi connectivity index (χ0) is 26.5. The lowest BCUT2D eigenvalue weighted by atomic mass is 9.91. The minimum atomic E-state index is 0.280. The molecule has 1 aliphatic carbocycles. The lowest BCUT2D eigenvalue weighted by molar-refractivity contribution is 0.355. The summed E-state index contributed by atoms with van der Waals surface area (Å²) in [6.45, 7) is 8.35. The minimum Gasteiger partial charge on any atom is -0.507 e. The Hall–Kier alpha value is -4.44. The summed E-state index contributed by atoms with van der Waals surface area (Å²) in [5, 5.41) is 22.7. The first kappa shape index (κ1) is 25.2. The lowest BCUT2D eigenvalue weighted by Crippen LogP contribution is -2.06. The highest BCUT2D eigenvalue weighted by molar-refractivity contribution is 5.55. The summed E-state index contributed by atoms with van der Waals surface area (Å²) in [7, 11) is 0. The van der Waals surface area contributed by atoms with Crippen molar-refractivity contribution in [3.05, 3.63) is 143 Å². The van der Waals surface area contributed by atoms with Gasteiger partial charge in [-0.1, -0.05) is 98.1 Å². The highest BCUT2D eigenvalue weighted by atomic mass is 16.5. The minimum absolute atomic E-state index is 0.280. The fourth-order valence-electron chi connectivity index (χ4n) is 5.17. The van der Waals surface area contributed by atoms with Crippen molar-refractivity contribution >= 4 is 0 Å². The molecule has 0 radical (unpaired) electrons.